The molecule has 0 radical (unpaired) electrons. The third-order valence-electron chi connectivity index (χ3n) is 5.98. The van der Waals surface area contributed by atoms with Crippen LogP contribution in [0.15, 0.2) is 56.8 Å². The molecule has 0 spiro atoms. The number of benzene rings is 1. The Balaban J connectivity index is 0.000000226. The number of halogens is 3. The van der Waals surface area contributed by atoms with Gasteiger partial charge in [0, 0.05) is 17.7 Å². The highest BCUT2D eigenvalue weighted by Gasteiger charge is 2.27. The molecule has 258 valence electrons. The van der Waals surface area contributed by atoms with Gasteiger partial charge in [0.15, 0.2) is 10.2 Å². The molecule has 1 aromatic carbocycles. The van der Waals surface area contributed by atoms with Crippen LogP contribution < -0.4 is 30.0 Å². The van der Waals surface area contributed by atoms with Gasteiger partial charge in [0.05, 0.1) is 36.0 Å². The number of anilines is 1. The van der Waals surface area contributed by atoms with Crippen LogP contribution in [0.4, 0.5) is 10.7 Å². The van der Waals surface area contributed by atoms with E-state index < -0.39 is 27.2 Å². The molecule has 16 nitrogen and oxygen atoms in total. The molecule has 4 aromatic heterocycles. The summed E-state index contributed by atoms with van der Waals surface area (Å²) in [6.45, 7) is 5.69. The quantitative estimate of drug-likeness (QED) is 0.207. The Bertz CT molecular complexity index is 2200. The lowest BCUT2D eigenvalue weighted by Crippen LogP contribution is -2.35. The first kappa shape index (κ1) is 36.8. The molecule has 0 atom stereocenters. The molecule has 5 rings (SSSR count). The number of aromatic nitrogens is 6. The van der Waals surface area contributed by atoms with Crippen LogP contribution in [0.2, 0.25) is 15.2 Å². The lowest BCUT2D eigenvalue weighted by atomic mass is 9.97. The van der Waals surface area contributed by atoms with E-state index in [1.807, 2.05) is 25.5 Å². The molecule has 5 aromatic rings. The maximum atomic E-state index is 12.6. The number of nitrogens with one attached hydrogen (secondary N) is 2. The van der Waals surface area contributed by atoms with E-state index in [0.29, 0.717) is 23.0 Å². The fraction of sp³-hybridized carbons (Fsp3) is 0.241. The van der Waals surface area contributed by atoms with Crippen molar-refractivity contribution in [3.8, 4) is 35.5 Å². The Morgan fingerprint density at radius 2 is 1.71 bits per heavy atom. The molecule has 0 aliphatic carbocycles. The number of nitrogens with zero attached hydrogens (tertiary/aromatic N) is 6. The monoisotopic (exact) mass is 752 g/mol. The van der Waals surface area contributed by atoms with Crippen LogP contribution in [-0.4, -0.2) is 64.4 Å². The molecular formula is C29H27Cl3N8O8S. The number of imidazole rings is 1. The number of ether oxygens (including phenoxy) is 3. The zero-order valence-corrected chi connectivity index (χ0v) is 29.4. The van der Waals surface area contributed by atoms with Crippen LogP contribution in [0, 0.1) is 12.3 Å². The first-order valence-electron chi connectivity index (χ1n) is 13.7. The lowest BCUT2D eigenvalue weighted by molar-refractivity contribution is 0.256. The lowest BCUT2D eigenvalue weighted by Gasteiger charge is -2.11. The number of sulfonamides is 1. The third-order valence-corrected chi connectivity index (χ3v) is 8.31. The zero-order valence-electron chi connectivity index (χ0n) is 26.3. The van der Waals surface area contributed by atoms with E-state index in [2.05, 4.69) is 31.3 Å². The highest BCUT2D eigenvalue weighted by atomic mass is 35.5. The average Bonchev–Trinajstić information content (AvgIpc) is 3.60. The third kappa shape index (κ3) is 8.72. The van der Waals surface area contributed by atoms with E-state index in [1.165, 1.54) is 43.0 Å². The molecule has 2 amide bonds. The van der Waals surface area contributed by atoms with E-state index >= 15 is 0 Å². The standard InChI is InChI=1S/C15H14Cl2N2O3.C14H13ClN6O5S/c1-5-6-21-12-8-11(9(16)7-10(12)17)19-14(20)22-13(18-19)15(2,3)4;1-25-9-7-10(26-2)18-13(17-9)19-14(22)20-27(23,24)12-11(15)16-8-5-3-4-6-21(8)12/h1,7-8H,6H2,2-4H3;3-7H,1-2H3,(H2,17,18,19,20,22). The number of rotatable bonds is 8. The van der Waals surface area contributed by atoms with Gasteiger partial charge in [0.25, 0.3) is 10.0 Å². The van der Waals surface area contributed by atoms with Gasteiger partial charge >= 0.3 is 11.8 Å². The predicted octanol–water partition coefficient (Wildman–Crippen LogP) is 4.75. The van der Waals surface area contributed by atoms with Crippen LogP contribution in [0.3, 0.4) is 0 Å². The highest BCUT2D eigenvalue weighted by Crippen LogP contribution is 2.33. The zero-order chi connectivity index (χ0) is 36.1. The van der Waals surface area contributed by atoms with Crippen molar-refractivity contribution in [2.45, 2.75) is 31.2 Å². The fourth-order valence-electron chi connectivity index (χ4n) is 3.80. The van der Waals surface area contributed by atoms with Gasteiger partial charge in [-0.3, -0.25) is 9.72 Å². The molecule has 0 aliphatic heterocycles. The second-order valence-electron chi connectivity index (χ2n) is 10.5. The second-order valence-corrected chi connectivity index (χ2v) is 13.3. The number of amides is 2. The minimum absolute atomic E-state index is 0.0434. The van der Waals surface area contributed by atoms with E-state index in [9.17, 15) is 18.0 Å². The summed E-state index contributed by atoms with van der Waals surface area (Å²) in [7, 11) is -1.61. The summed E-state index contributed by atoms with van der Waals surface area (Å²) in [5.74, 6) is 2.32. The number of carbonyl (C=O) groups is 1. The van der Waals surface area contributed by atoms with Gasteiger partial charge in [-0.1, -0.05) is 67.6 Å². The van der Waals surface area contributed by atoms with Gasteiger partial charge in [-0.05, 0) is 18.2 Å². The van der Waals surface area contributed by atoms with Crippen LogP contribution in [-0.2, 0) is 15.4 Å². The Morgan fingerprint density at radius 3 is 2.31 bits per heavy atom. The van der Waals surface area contributed by atoms with Gasteiger partial charge in [-0.15, -0.1) is 11.5 Å². The molecule has 0 unspecified atom stereocenters. The second kappa shape index (κ2) is 15.0. The summed E-state index contributed by atoms with van der Waals surface area (Å²) in [5, 5.41) is 6.25. The normalized spacial score (nSPS) is 11.2. The van der Waals surface area contributed by atoms with Gasteiger partial charge in [0.1, 0.15) is 18.0 Å². The Labute approximate surface area is 294 Å². The molecule has 49 heavy (non-hydrogen) atoms. The summed E-state index contributed by atoms with van der Waals surface area (Å²) in [6, 6.07) is 8.08. The van der Waals surface area contributed by atoms with Gasteiger partial charge in [-0.2, -0.15) is 23.1 Å². The van der Waals surface area contributed by atoms with Crippen LogP contribution in [0.25, 0.3) is 11.3 Å². The highest BCUT2D eigenvalue weighted by molar-refractivity contribution is 7.90. The fourth-order valence-corrected chi connectivity index (χ4v) is 5.87. The van der Waals surface area contributed by atoms with Crippen molar-refractivity contribution >= 4 is 62.5 Å². The molecule has 0 aliphatic rings. The minimum Gasteiger partial charge on any atom is -0.481 e. The molecule has 0 bridgehead atoms. The van der Waals surface area contributed by atoms with Crippen LogP contribution in [0.5, 0.6) is 17.5 Å². The molecule has 20 heteroatoms. The molecular weight excluding hydrogens is 727 g/mol. The van der Waals surface area contributed by atoms with Crippen molar-refractivity contribution in [1.29, 1.82) is 0 Å². The Kier molecular flexibility index (Phi) is 11.3. The van der Waals surface area contributed by atoms with Crippen LogP contribution in [0.1, 0.15) is 26.7 Å². The number of urea groups is 1. The number of carbonyl (C=O) groups excluding carboxylic acids is 1. The molecule has 0 saturated carbocycles. The summed E-state index contributed by atoms with van der Waals surface area (Å²) < 4.78 is 49.7. The molecule has 4 heterocycles. The van der Waals surface area contributed by atoms with Crippen molar-refractivity contribution in [3.05, 3.63) is 74.2 Å². The molecule has 0 saturated heterocycles. The summed E-state index contributed by atoms with van der Waals surface area (Å²) in [5.41, 5.74) is 0.207. The van der Waals surface area contributed by atoms with E-state index in [-0.39, 0.29) is 44.5 Å². The summed E-state index contributed by atoms with van der Waals surface area (Å²) in [6.07, 6.45) is 6.61. The van der Waals surface area contributed by atoms with E-state index in [4.69, 9.17) is 59.9 Å². The predicted molar refractivity (Wildman–Crippen MR) is 180 cm³/mol. The van der Waals surface area contributed by atoms with Gasteiger partial charge in [0.2, 0.25) is 23.6 Å². The number of hydrogen-bond acceptors (Lipinski definition) is 12. The molecule has 0 fully saturated rings. The summed E-state index contributed by atoms with van der Waals surface area (Å²) in [4.78, 5) is 35.8. The van der Waals surface area contributed by atoms with E-state index in [0.717, 1.165) is 4.68 Å². The number of fused-ring (bicyclic) bond motifs is 1. The Hall–Kier alpha value is -5.02. The topological polar surface area (TPSA) is 194 Å². The smallest absolute Gasteiger partial charge is 0.442 e. The van der Waals surface area contributed by atoms with Crippen molar-refractivity contribution in [3.63, 3.8) is 0 Å². The first-order chi connectivity index (χ1) is 23.1. The number of pyridine rings is 1. The largest absolute Gasteiger partial charge is 0.481 e. The van der Waals surface area contributed by atoms with Crippen molar-refractivity contribution in [1.82, 2.24) is 33.9 Å². The van der Waals surface area contributed by atoms with E-state index in [1.54, 1.807) is 18.2 Å². The van der Waals surface area contributed by atoms with Crippen molar-refractivity contribution in [2.24, 2.45) is 0 Å². The van der Waals surface area contributed by atoms with Crippen molar-refractivity contribution in [2.75, 3.05) is 26.1 Å². The average molecular weight is 754 g/mol. The molecule has 2 N–H and O–H groups in total. The minimum atomic E-state index is -4.34. The number of terminal acetylenes is 1. The van der Waals surface area contributed by atoms with Gasteiger partial charge < -0.3 is 18.6 Å². The van der Waals surface area contributed by atoms with Crippen molar-refractivity contribution < 1.29 is 31.8 Å². The van der Waals surface area contributed by atoms with Gasteiger partial charge in [-0.25, -0.2) is 19.3 Å². The number of methoxy groups -OCH3 is 2. The maximum absolute atomic E-state index is 12.6. The first-order valence-corrected chi connectivity index (χ1v) is 16.3. The maximum Gasteiger partial charge on any atom is 0.442 e. The van der Waals surface area contributed by atoms with Crippen LogP contribution >= 0.6 is 34.8 Å². The summed E-state index contributed by atoms with van der Waals surface area (Å²) >= 11 is 18.1. The Morgan fingerprint density at radius 1 is 1.04 bits per heavy atom. The SMILES string of the molecule is C#CCOc1cc(-n2nc(C(C)(C)C)oc2=O)c(Cl)cc1Cl.COc1cc(OC)nc(NC(=O)NS(=O)(=O)c2c(Cl)nc3ccccn23)n1. The number of hydrogen-bond donors (Lipinski definition) is 2.